The summed E-state index contributed by atoms with van der Waals surface area (Å²) in [7, 11) is 0. The molecule has 0 atom stereocenters. The quantitative estimate of drug-likeness (QED) is 0.208. The Bertz CT molecular complexity index is 1430. The minimum absolute atomic E-state index is 0.0201. The first kappa shape index (κ1) is 23.3. The van der Waals surface area contributed by atoms with Crippen LogP contribution in [-0.4, -0.2) is 49.0 Å². The first-order valence-electron chi connectivity index (χ1n) is 9.93. The third kappa shape index (κ3) is 4.91. The van der Waals surface area contributed by atoms with Crippen molar-refractivity contribution in [3.63, 3.8) is 0 Å². The predicted octanol–water partition coefficient (Wildman–Crippen LogP) is 2.62. The number of nitro benzene ring substituents is 1. The Balaban J connectivity index is 1.67. The lowest BCUT2D eigenvalue weighted by Gasteiger charge is -2.08. The maximum atomic E-state index is 12.9. The molecular formula is C20H16ClN9O5. The van der Waals surface area contributed by atoms with E-state index in [9.17, 15) is 14.9 Å². The van der Waals surface area contributed by atoms with Gasteiger partial charge >= 0.3 is 0 Å². The molecule has 178 valence electrons. The highest BCUT2D eigenvalue weighted by Gasteiger charge is 2.25. The van der Waals surface area contributed by atoms with Gasteiger partial charge in [0.05, 0.1) is 17.7 Å². The van der Waals surface area contributed by atoms with Gasteiger partial charge < -0.3 is 10.5 Å². The highest BCUT2D eigenvalue weighted by atomic mass is 35.5. The number of amides is 1. The number of hydrazone groups is 1. The molecule has 0 fully saturated rings. The summed E-state index contributed by atoms with van der Waals surface area (Å²) in [5.74, 6) is -0.197. The van der Waals surface area contributed by atoms with Crippen molar-refractivity contribution in [3.8, 4) is 22.8 Å². The van der Waals surface area contributed by atoms with Crippen LogP contribution < -0.4 is 15.9 Å². The summed E-state index contributed by atoms with van der Waals surface area (Å²) >= 11 is 5.81. The number of hydrogen-bond acceptors (Lipinski definition) is 11. The average molecular weight is 498 g/mol. The van der Waals surface area contributed by atoms with Gasteiger partial charge in [0, 0.05) is 17.2 Å². The summed E-state index contributed by atoms with van der Waals surface area (Å²) < 4.78 is 11.4. The number of nitrogen functional groups attached to an aromatic ring is 1. The smallest absolute Gasteiger partial charge is 0.294 e. The van der Waals surface area contributed by atoms with Crippen molar-refractivity contribution < 1.29 is 19.1 Å². The first-order chi connectivity index (χ1) is 16.9. The number of anilines is 1. The largest absolute Gasteiger partial charge is 0.494 e. The Labute approximate surface area is 201 Å². The number of nitrogens with one attached hydrogen (secondary N) is 1. The molecule has 0 radical (unpaired) electrons. The predicted molar refractivity (Wildman–Crippen MR) is 123 cm³/mol. The van der Waals surface area contributed by atoms with E-state index in [-0.39, 0.29) is 33.7 Å². The number of ether oxygens (including phenoxy) is 1. The number of nitrogens with zero attached hydrogens (tertiary/aromatic N) is 7. The molecule has 2 aromatic carbocycles. The zero-order valence-corrected chi connectivity index (χ0v) is 18.7. The van der Waals surface area contributed by atoms with E-state index >= 15 is 0 Å². The minimum Gasteiger partial charge on any atom is -0.494 e. The molecular weight excluding hydrogens is 482 g/mol. The highest BCUT2D eigenvalue weighted by molar-refractivity contribution is 6.32. The Morgan fingerprint density at radius 1 is 1.34 bits per heavy atom. The third-order valence-corrected chi connectivity index (χ3v) is 4.87. The van der Waals surface area contributed by atoms with E-state index in [1.54, 1.807) is 24.3 Å². The van der Waals surface area contributed by atoms with Crippen molar-refractivity contribution in [1.29, 1.82) is 0 Å². The van der Waals surface area contributed by atoms with Crippen molar-refractivity contribution in [2.75, 3.05) is 12.3 Å². The minimum atomic E-state index is -0.720. The van der Waals surface area contributed by atoms with Crippen LogP contribution in [0.4, 0.5) is 11.5 Å². The number of hydrogen-bond donors (Lipinski definition) is 2. The average Bonchev–Trinajstić information content (AvgIpc) is 3.46. The summed E-state index contributed by atoms with van der Waals surface area (Å²) in [5, 5.41) is 30.1. The molecule has 3 N–H and O–H groups in total. The lowest BCUT2D eigenvalue weighted by molar-refractivity contribution is -0.384. The molecule has 0 saturated heterocycles. The lowest BCUT2D eigenvalue weighted by Crippen LogP contribution is -2.19. The maximum Gasteiger partial charge on any atom is 0.294 e. The Morgan fingerprint density at radius 3 is 2.89 bits per heavy atom. The summed E-state index contributed by atoms with van der Waals surface area (Å²) in [6.07, 6.45) is 1.22. The van der Waals surface area contributed by atoms with E-state index in [0.29, 0.717) is 23.5 Å². The summed E-state index contributed by atoms with van der Waals surface area (Å²) in [6, 6.07) is 11.0. The number of rotatable bonds is 8. The molecule has 2 aromatic heterocycles. The summed E-state index contributed by atoms with van der Waals surface area (Å²) in [6.45, 7) is 2.28. The van der Waals surface area contributed by atoms with Crippen molar-refractivity contribution in [1.82, 2.24) is 30.7 Å². The fourth-order valence-corrected chi connectivity index (χ4v) is 3.23. The second-order valence-corrected chi connectivity index (χ2v) is 7.21. The monoisotopic (exact) mass is 497 g/mol. The molecule has 4 aromatic rings. The zero-order chi connectivity index (χ0) is 24.9. The van der Waals surface area contributed by atoms with Gasteiger partial charge in [0.15, 0.2) is 5.69 Å². The van der Waals surface area contributed by atoms with Crippen LogP contribution in [0, 0.1) is 10.1 Å². The molecule has 0 spiro atoms. The summed E-state index contributed by atoms with van der Waals surface area (Å²) in [4.78, 5) is 23.4. The van der Waals surface area contributed by atoms with Gasteiger partial charge in [-0.25, -0.2) is 10.1 Å². The van der Waals surface area contributed by atoms with Gasteiger partial charge in [-0.1, -0.05) is 35.0 Å². The van der Waals surface area contributed by atoms with Crippen molar-refractivity contribution in [3.05, 3.63) is 68.9 Å². The van der Waals surface area contributed by atoms with Crippen LogP contribution in [0.5, 0.6) is 5.75 Å². The fourth-order valence-electron chi connectivity index (χ4n) is 3.05. The molecule has 0 aliphatic heterocycles. The van der Waals surface area contributed by atoms with E-state index in [2.05, 4.69) is 35.8 Å². The van der Waals surface area contributed by atoms with Gasteiger partial charge in [-0.15, -0.1) is 5.10 Å². The van der Waals surface area contributed by atoms with E-state index in [0.717, 1.165) is 0 Å². The second-order valence-electron chi connectivity index (χ2n) is 6.80. The number of aromatic nitrogens is 5. The van der Waals surface area contributed by atoms with Gasteiger partial charge in [-0.05, 0) is 35.4 Å². The number of benzene rings is 2. The standard InChI is InChI=1S/C20H16ClN9O5/c1-2-34-13-5-3-4-12(9-13)17-16(24-28-29(17)19-18(22)26-35-27-19)20(31)25-23-10-11-6-7-14(21)15(8-11)30(32)33/h3-10H,2H2,1H3,(H2,22,26)(H,25,31)/b23-10-. The third-order valence-electron chi connectivity index (χ3n) is 4.55. The van der Waals surface area contributed by atoms with Crippen LogP contribution in [0.2, 0.25) is 5.02 Å². The van der Waals surface area contributed by atoms with Crippen molar-refractivity contribution in [2.45, 2.75) is 6.92 Å². The molecule has 4 rings (SSSR count). The number of halogens is 1. The molecule has 2 heterocycles. The Hall–Kier alpha value is -4.85. The van der Waals surface area contributed by atoms with Gasteiger partial charge in [0.1, 0.15) is 16.5 Å². The van der Waals surface area contributed by atoms with E-state index in [4.69, 9.17) is 22.1 Å². The molecule has 0 saturated carbocycles. The topological polar surface area (TPSA) is 189 Å². The summed E-state index contributed by atoms with van der Waals surface area (Å²) in [5.41, 5.74) is 8.82. The molecule has 1 amide bonds. The van der Waals surface area contributed by atoms with Crippen LogP contribution >= 0.6 is 11.6 Å². The van der Waals surface area contributed by atoms with Gasteiger partial charge in [0.2, 0.25) is 11.6 Å². The zero-order valence-electron chi connectivity index (χ0n) is 18.0. The van der Waals surface area contributed by atoms with Gasteiger partial charge in [-0.2, -0.15) is 9.78 Å². The molecule has 0 bridgehead atoms. The normalized spacial score (nSPS) is 11.0. The first-order valence-corrected chi connectivity index (χ1v) is 10.3. The van der Waals surface area contributed by atoms with Gasteiger partial charge in [0.25, 0.3) is 11.6 Å². The number of nitro groups is 1. The number of carbonyl (C=O) groups excluding carboxylic acids is 1. The lowest BCUT2D eigenvalue weighted by atomic mass is 10.1. The Morgan fingerprint density at radius 2 is 2.17 bits per heavy atom. The fraction of sp³-hybridized carbons (Fsp3) is 0.100. The van der Waals surface area contributed by atoms with Crippen LogP contribution in [0.1, 0.15) is 23.0 Å². The van der Waals surface area contributed by atoms with Crippen molar-refractivity contribution >= 4 is 35.2 Å². The molecule has 35 heavy (non-hydrogen) atoms. The van der Waals surface area contributed by atoms with Crippen LogP contribution in [-0.2, 0) is 0 Å². The van der Waals surface area contributed by atoms with Gasteiger partial charge in [-0.3, -0.25) is 14.9 Å². The number of carbonyl (C=O) groups is 1. The molecule has 14 nitrogen and oxygen atoms in total. The molecule has 0 aliphatic carbocycles. The van der Waals surface area contributed by atoms with E-state index < -0.39 is 10.8 Å². The van der Waals surface area contributed by atoms with Crippen LogP contribution in [0.15, 0.2) is 52.2 Å². The highest BCUT2D eigenvalue weighted by Crippen LogP contribution is 2.29. The molecule has 0 aliphatic rings. The van der Waals surface area contributed by atoms with E-state index in [1.807, 2.05) is 6.92 Å². The number of nitrogens with two attached hydrogens (primary N) is 1. The second kappa shape index (κ2) is 9.96. The van der Waals surface area contributed by atoms with Crippen LogP contribution in [0.3, 0.4) is 0 Å². The van der Waals surface area contributed by atoms with Crippen molar-refractivity contribution in [2.24, 2.45) is 5.10 Å². The molecule has 15 heteroatoms. The molecule has 0 unspecified atom stereocenters. The Kier molecular flexibility index (Phi) is 6.64. The maximum absolute atomic E-state index is 12.9. The van der Waals surface area contributed by atoms with Crippen LogP contribution in [0.25, 0.3) is 17.1 Å². The van der Waals surface area contributed by atoms with E-state index in [1.165, 1.54) is 29.1 Å². The SMILES string of the molecule is CCOc1cccc(-c2c(C(=O)N/N=C\c3ccc(Cl)c([N+](=O)[O-])c3)nnn2-c2nonc2N)c1.